The van der Waals surface area contributed by atoms with Crippen LogP contribution in [0.3, 0.4) is 0 Å². The maximum atomic E-state index is 12.2. The van der Waals surface area contributed by atoms with E-state index in [0.717, 1.165) is 0 Å². The second-order valence-corrected chi connectivity index (χ2v) is 5.28. The number of nitrogens with one attached hydrogen (secondary N) is 1. The zero-order valence-corrected chi connectivity index (χ0v) is 8.99. The molecule has 0 aliphatic carbocycles. The average molecular weight is 258 g/mol. The van der Waals surface area contributed by atoms with Gasteiger partial charge in [-0.1, -0.05) is 0 Å². The molecule has 0 aromatic carbocycles. The van der Waals surface area contributed by atoms with E-state index in [1.165, 1.54) is 6.92 Å². The van der Waals surface area contributed by atoms with Gasteiger partial charge in [0.25, 0.3) is 15.5 Å². The summed E-state index contributed by atoms with van der Waals surface area (Å²) in [7, 11) is 0.743. The van der Waals surface area contributed by atoms with Crippen molar-refractivity contribution in [1.29, 1.82) is 0 Å². The highest BCUT2D eigenvalue weighted by Gasteiger charge is 2.21. The summed E-state index contributed by atoms with van der Waals surface area (Å²) in [5.74, 6) is 0. The Labute approximate surface area is 88.3 Å². The maximum absolute atomic E-state index is 12.2. The van der Waals surface area contributed by atoms with Crippen molar-refractivity contribution in [3.63, 3.8) is 0 Å². The molecule has 1 N–H and O–H groups in total. The molecule has 84 valence electrons. The van der Waals surface area contributed by atoms with Gasteiger partial charge < -0.3 is 4.98 Å². The first-order valence-corrected chi connectivity index (χ1v) is 6.01. The van der Waals surface area contributed by atoms with Crippen molar-refractivity contribution in [2.24, 2.45) is 0 Å². The standard InChI is InChI=1S/C7H6ClF2NO3S/c1-3-6(15(8,13)14)5(12)2-4(11-3)7(9)10/h2,7H,1H3,(H,11,12). The fourth-order valence-corrected chi connectivity index (χ4v) is 2.41. The van der Waals surface area contributed by atoms with Gasteiger partial charge in [0.2, 0.25) is 5.43 Å². The van der Waals surface area contributed by atoms with Crippen LogP contribution in [0.1, 0.15) is 17.8 Å². The highest BCUT2D eigenvalue weighted by molar-refractivity contribution is 8.13. The van der Waals surface area contributed by atoms with Crippen LogP contribution < -0.4 is 5.43 Å². The lowest BCUT2D eigenvalue weighted by Gasteiger charge is -2.04. The van der Waals surface area contributed by atoms with Crippen LogP contribution in [0.5, 0.6) is 0 Å². The number of halogens is 3. The fraction of sp³-hybridized carbons (Fsp3) is 0.286. The zero-order chi connectivity index (χ0) is 11.8. The molecule has 1 aromatic rings. The maximum Gasteiger partial charge on any atom is 0.278 e. The van der Waals surface area contributed by atoms with E-state index < -0.39 is 31.5 Å². The number of hydrogen-bond donors (Lipinski definition) is 1. The van der Waals surface area contributed by atoms with Gasteiger partial charge in [0.05, 0.1) is 5.69 Å². The highest BCUT2D eigenvalue weighted by Crippen LogP contribution is 2.19. The monoisotopic (exact) mass is 257 g/mol. The van der Waals surface area contributed by atoms with Crippen LogP contribution in [0.4, 0.5) is 8.78 Å². The van der Waals surface area contributed by atoms with Gasteiger partial charge in [-0.15, -0.1) is 0 Å². The number of aromatic amines is 1. The van der Waals surface area contributed by atoms with Crippen LogP contribution in [-0.4, -0.2) is 13.4 Å². The van der Waals surface area contributed by atoms with Crippen molar-refractivity contribution in [2.75, 3.05) is 0 Å². The minimum Gasteiger partial charge on any atom is -0.357 e. The van der Waals surface area contributed by atoms with Crippen molar-refractivity contribution >= 4 is 19.7 Å². The van der Waals surface area contributed by atoms with Crippen molar-refractivity contribution in [3.8, 4) is 0 Å². The first kappa shape index (κ1) is 12.1. The van der Waals surface area contributed by atoms with Crippen molar-refractivity contribution in [3.05, 3.63) is 27.7 Å². The number of rotatable bonds is 2. The summed E-state index contributed by atoms with van der Waals surface area (Å²) >= 11 is 0. The molecule has 0 saturated carbocycles. The summed E-state index contributed by atoms with van der Waals surface area (Å²) in [6, 6.07) is 0.521. The quantitative estimate of drug-likeness (QED) is 0.818. The second-order valence-electron chi connectivity index (χ2n) is 2.78. The SMILES string of the molecule is Cc1[nH]c(C(F)F)cc(=O)c1S(=O)(=O)Cl. The van der Waals surface area contributed by atoms with E-state index in [9.17, 15) is 22.0 Å². The van der Waals surface area contributed by atoms with E-state index >= 15 is 0 Å². The van der Waals surface area contributed by atoms with Crippen LogP contribution >= 0.6 is 10.7 Å². The summed E-state index contributed by atoms with van der Waals surface area (Å²) in [5.41, 5.74) is -1.88. The van der Waals surface area contributed by atoms with Gasteiger partial charge in [0.1, 0.15) is 4.90 Å². The van der Waals surface area contributed by atoms with E-state index in [2.05, 4.69) is 4.98 Å². The largest absolute Gasteiger partial charge is 0.357 e. The Morgan fingerprint density at radius 3 is 2.33 bits per heavy atom. The van der Waals surface area contributed by atoms with Crippen molar-refractivity contribution in [2.45, 2.75) is 18.2 Å². The number of aromatic nitrogens is 1. The summed E-state index contributed by atoms with van der Waals surface area (Å²) in [6.45, 7) is 1.18. The lowest BCUT2D eigenvalue weighted by atomic mass is 10.3. The van der Waals surface area contributed by atoms with Crippen LogP contribution in [0.2, 0.25) is 0 Å². The Balaban J connectivity index is 3.56. The molecule has 0 bridgehead atoms. The van der Waals surface area contributed by atoms with Crippen molar-refractivity contribution in [1.82, 2.24) is 4.98 Å². The third-order valence-electron chi connectivity index (χ3n) is 1.66. The molecule has 0 saturated heterocycles. The first-order valence-electron chi connectivity index (χ1n) is 3.70. The number of aryl methyl sites for hydroxylation is 1. The van der Waals surface area contributed by atoms with Crippen LogP contribution in [-0.2, 0) is 9.05 Å². The van der Waals surface area contributed by atoms with Gasteiger partial charge in [-0.3, -0.25) is 4.79 Å². The smallest absolute Gasteiger partial charge is 0.278 e. The Morgan fingerprint density at radius 1 is 1.47 bits per heavy atom. The Kier molecular flexibility index (Phi) is 3.15. The van der Waals surface area contributed by atoms with E-state index in [1.807, 2.05) is 0 Å². The lowest BCUT2D eigenvalue weighted by Crippen LogP contribution is -2.15. The predicted molar refractivity (Wildman–Crippen MR) is 49.8 cm³/mol. The summed E-state index contributed by atoms with van der Waals surface area (Å²) < 4.78 is 46.2. The van der Waals surface area contributed by atoms with Gasteiger partial charge in [-0.25, -0.2) is 17.2 Å². The van der Waals surface area contributed by atoms with Gasteiger partial charge in [-0.05, 0) is 6.92 Å². The number of H-pyrrole nitrogens is 1. The minimum absolute atomic E-state index is 0.201. The number of alkyl halides is 2. The normalized spacial score (nSPS) is 12.1. The van der Waals surface area contributed by atoms with Crippen LogP contribution in [0.25, 0.3) is 0 Å². The molecule has 0 unspecified atom stereocenters. The van der Waals surface area contributed by atoms with E-state index in [4.69, 9.17) is 10.7 Å². The van der Waals surface area contributed by atoms with Gasteiger partial charge >= 0.3 is 0 Å². The third-order valence-corrected chi connectivity index (χ3v) is 3.12. The molecule has 0 radical (unpaired) electrons. The molecular weight excluding hydrogens is 252 g/mol. The van der Waals surface area contributed by atoms with Crippen LogP contribution in [0, 0.1) is 6.92 Å². The molecule has 0 atom stereocenters. The summed E-state index contributed by atoms with van der Waals surface area (Å²) in [5, 5.41) is 0. The Hall–Kier alpha value is -0.950. The molecule has 1 aromatic heterocycles. The Bertz CT molecular complexity index is 538. The predicted octanol–water partition coefficient (Wildman–Crippen LogP) is 1.55. The molecule has 1 rings (SSSR count). The van der Waals surface area contributed by atoms with Gasteiger partial charge in [0.15, 0.2) is 0 Å². The average Bonchev–Trinajstić information content (AvgIpc) is 1.99. The Morgan fingerprint density at radius 2 is 2.00 bits per heavy atom. The molecule has 0 spiro atoms. The zero-order valence-electron chi connectivity index (χ0n) is 7.42. The van der Waals surface area contributed by atoms with Gasteiger partial charge in [-0.2, -0.15) is 0 Å². The number of hydrogen-bond acceptors (Lipinski definition) is 3. The molecule has 0 aliphatic rings. The summed E-state index contributed by atoms with van der Waals surface area (Å²) in [4.78, 5) is 12.6. The molecular formula is C7H6ClF2NO3S. The molecule has 0 amide bonds. The molecule has 0 fully saturated rings. The molecule has 8 heteroatoms. The molecule has 15 heavy (non-hydrogen) atoms. The number of pyridine rings is 1. The van der Waals surface area contributed by atoms with Crippen molar-refractivity contribution < 1.29 is 17.2 Å². The minimum atomic E-state index is -4.22. The van der Waals surface area contributed by atoms with E-state index in [-0.39, 0.29) is 5.69 Å². The van der Waals surface area contributed by atoms with E-state index in [0.29, 0.717) is 6.07 Å². The molecule has 4 nitrogen and oxygen atoms in total. The molecule has 1 heterocycles. The van der Waals surface area contributed by atoms with Crippen LogP contribution in [0.15, 0.2) is 15.8 Å². The first-order chi connectivity index (χ1) is 6.73. The summed E-state index contributed by atoms with van der Waals surface area (Å²) in [6.07, 6.45) is -2.87. The lowest BCUT2D eigenvalue weighted by molar-refractivity contribution is 0.145. The van der Waals surface area contributed by atoms with E-state index in [1.54, 1.807) is 0 Å². The fourth-order valence-electron chi connectivity index (χ4n) is 1.12. The van der Waals surface area contributed by atoms with Gasteiger partial charge in [0, 0.05) is 22.4 Å². The third kappa shape index (κ3) is 2.54. The topological polar surface area (TPSA) is 67.0 Å². The second kappa shape index (κ2) is 3.90. The highest BCUT2D eigenvalue weighted by atomic mass is 35.7. The molecule has 0 aliphatic heterocycles.